The van der Waals surface area contributed by atoms with E-state index < -0.39 is 17.4 Å². The number of nitrogens with one attached hydrogen (secondary N) is 1. The summed E-state index contributed by atoms with van der Waals surface area (Å²) >= 11 is 0. The Morgan fingerprint density at radius 3 is 2.38 bits per heavy atom. The van der Waals surface area contributed by atoms with E-state index in [0.29, 0.717) is 25.0 Å². The van der Waals surface area contributed by atoms with Gasteiger partial charge in [0.2, 0.25) is 0 Å². The van der Waals surface area contributed by atoms with Crippen LogP contribution in [0.25, 0.3) is 0 Å². The molecule has 0 saturated heterocycles. The summed E-state index contributed by atoms with van der Waals surface area (Å²) in [5, 5.41) is 11.6. The van der Waals surface area contributed by atoms with Crippen molar-refractivity contribution in [2.75, 3.05) is 6.61 Å². The Morgan fingerprint density at radius 1 is 1.04 bits per heavy atom. The fraction of sp³-hybridized carbons (Fsp3) is 0.263. The third-order valence-electron chi connectivity index (χ3n) is 4.11. The minimum absolute atomic E-state index is 0.194. The van der Waals surface area contributed by atoms with Crippen LogP contribution in [0, 0.1) is 0 Å². The second kappa shape index (κ2) is 6.74. The zero-order valence-electron chi connectivity index (χ0n) is 13.2. The van der Waals surface area contributed by atoms with Crippen LogP contribution in [0.3, 0.4) is 0 Å². The minimum atomic E-state index is -1.08. The monoisotopic (exact) mass is 325 g/mol. The lowest BCUT2D eigenvalue weighted by Crippen LogP contribution is -2.45. The van der Waals surface area contributed by atoms with Crippen LogP contribution in [0.15, 0.2) is 54.6 Å². The Kier molecular flexibility index (Phi) is 4.51. The van der Waals surface area contributed by atoms with E-state index in [4.69, 9.17) is 9.84 Å². The summed E-state index contributed by atoms with van der Waals surface area (Å²) in [4.78, 5) is 23.0. The highest BCUT2D eigenvalue weighted by molar-refractivity contribution is 5.90. The summed E-state index contributed by atoms with van der Waals surface area (Å²) in [6, 6.07) is 17.5. The fourth-order valence-corrected chi connectivity index (χ4v) is 2.57. The van der Waals surface area contributed by atoms with Gasteiger partial charge < -0.3 is 15.2 Å². The quantitative estimate of drug-likeness (QED) is 0.819. The van der Waals surface area contributed by atoms with Gasteiger partial charge in [0.05, 0.1) is 0 Å². The molecule has 2 aromatic rings. The highest BCUT2D eigenvalue weighted by Gasteiger charge is 2.51. The predicted molar refractivity (Wildman–Crippen MR) is 88.9 cm³/mol. The minimum Gasteiger partial charge on any atom is -0.483 e. The second-order valence-electron chi connectivity index (χ2n) is 5.99. The molecule has 124 valence electrons. The highest BCUT2D eigenvalue weighted by atomic mass is 16.5. The summed E-state index contributed by atoms with van der Waals surface area (Å²) in [5.41, 5.74) is 1.06. The van der Waals surface area contributed by atoms with Crippen LogP contribution >= 0.6 is 0 Å². The molecule has 0 atom stereocenters. The molecule has 1 fully saturated rings. The number of benzene rings is 2. The maximum absolute atomic E-state index is 11.9. The number of carbonyl (C=O) groups excluding carboxylic acids is 1. The Morgan fingerprint density at radius 2 is 1.71 bits per heavy atom. The Bertz CT molecular complexity index is 738. The van der Waals surface area contributed by atoms with Crippen molar-refractivity contribution in [3.05, 3.63) is 65.7 Å². The van der Waals surface area contributed by atoms with Crippen LogP contribution in [0.2, 0.25) is 0 Å². The lowest BCUT2D eigenvalue weighted by Gasteiger charge is -2.14. The van der Waals surface area contributed by atoms with Crippen LogP contribution in [-0.4, -0.2) is 29.1 Å². The van der Waals surface area contributed by atoms with Crippen molar-refractivity contribution < 1.29 is 19.4 Å². The van der Waals surface area contributed by atoms with Gasteiger partial charge in [-0.2, -0.15) is 0 Å². The van der Waals surface area contributed by atoms with Gasteiger partial charge in [-0.25, -0.2) is 4.79 Å². The highest BCUT2D eigenvalue weighted by Crippen LogP contribution is 2.35. The van der Waals surface area contributed by atoms with E-state index in [1.165, 1.54) is 0 Å². The van der Waals surface area contributed by atoms with Gasteiger partial charge in [0.15, 0.2) is 6.61 Å². The normalized spacial score (nSPS) is 14.7. The molecule has 24 heavy (non-hydrogen) atoms. The molecule has 5 heteroatoms. The van der Waals surface area contributed by atoms with E-state index in [1.54, 1.807) is 0 Å². The molecule has 0 unspecified atom stereocenters. The Balaban J connectivity index is 1.61. The van der Waals surface area contributed by atoms with E-state index in [2.05, 4.69) is 5.32 Å². The Labute approximate surface area is 140 Å². The molecular formula is C19H19NO4. The van der Waals surface area contributed by atoms with Gasteiger partial charge in [0, 0.05) is 6.42 Å². The number of rotatable bonds is 7. The van der Waals surface area contributed by atoms with E-state index in [0.717, 1.165) is 11.1 Å². The van der Waals surface area contributed by atoms with Gasteiger partial charge in [0.1, 0.15) is 11.3 Å². The SMILES string of the molecule is O=C(COc1ccccc1Cc1ccccc1)NC1(C(=O)O)CC1. The van der Waals surface area contributed by atoms with E-state index >= 15 is 0 Å². The first kappa shape index (κ1) is 16.1. The molecule has 0 bridgehead atoms. The number of ether oxygens (including phenoxy) is 1. The van der Waals surface area contributed by atoms with Gasteiger partial charge in [-0.15, -0.1) is 0 Å². The lowest BCUT2D eigenvalue weighted by molar-refractivity contribution is -0.143. The summed E-state index contributed by atoms with van der Waals surface area (Å²) < 4.78 is 5.62. The number of carboxylic acid groups (broad SMARTS) is 1. The fourth-order valence-electron chi connectivity index (χ4n) is 2.57. The topological polar surface area (TPSA) is 75.6 Å². The molecule has 2 N–H and O–H groups in total. The van der Waals surface area contributed by atoms with Crippen molar-refractivity contribution >= 4 is 11.9 Å². The van der Waals surface area contributed by atoms with Crippen LogP contribution in [0.1, 0.15) is 24.0 Å². The molecule has 0 aromatic heterocycles. The van der Waals surface area contributed by atoms with E-state index in [9.17, 15) is 9.59 Å². The molecule has 3 rings (SSSR count). The molecule has 1 aliphatic carbocycles. The molecule has 0 aliphatic heterocycles. The number of carboxylic acids is 1. The number of para-hydroxylation sites is 1. The maximum Gasteiger partial charge on any atom is 0.329 e. The zero-order chi connectivity index (χ0) is 17.0. The number of aliphatic carboxylic acids is 1. The standard InChI is InChI=1S/C19H19NO4/c21-17(20-19(10-11-19)18(22)23)13-24-16-9-5-4-8-15(16)12-14-6-2-1-3-7-14/h1-9H,10-13H2,(H,20,21)(H,22,23). The van der Waals surface area contributed by atoms with Gasteiger partial charge in [0.25, 0.3) is 5.91 Å². The second-order valence-corrected chi connectivity index (χ2v) is 5.99. The van der Waals surface area contributed by atoms with Gasteiger partial charge in [-0.3, -0.25) is 4.79 Å². The molecule has 1 saturated carbocycles. The van der Waals surface area contributed by atoms with Crippen LogP contribution < -0.4 is 10.1 Å². The summed E-state index contributed by atoms with van der Waals surface area (Å²) in [6.07, 6.45) is 1.65. The molecule has 1 amide bonds. The first-order chi connectivity index (χ1) is 11.6. The Hall–Kier alpha value is -2.82. The first-order valence-corrected chi connectivity index (χ1v) is 7.88. The van der Waals surface area contributed by atoms with E-state index in [1.807, 2.05) is 54.6 Å². The first-order valence-electron chi connectivity index (χ1n) is 7.88. The number of hydrogen-bond donors (Lipinski definition) is 2. The molecule has 0 radical (unpaired) electrons. The predicted octanol–water partition coefficient (Wildman–Crippen LogP) is 2.39. The van der Waals surface area contributed by atoms with Gasteiger partial charge in [-0.1, -0.05) is 48.5 Å². The van der Waals surface area contributed by atoms with Crippen molar-refractivity contribution in [2.24, 2.45) is 0 Å². The summed E-state index contributed by atoms with van der Waals surface area (Å²) in [6.45, 7) is -0.194. The van der Waals surface area contributed by atoms with Gasteiger partial charge >= 0.3 is 5.97 Å². The lowest BCUT2D eigenvalue weighted by atomic mass is 10.0. The molecule has 0 spiro atoms. The van der Waals surface area contributed by atoms with Crippen LogP contribution in [-0.2, 0) is 16.0 Å². The third kappa shape index (κ3) is 3.74. The van der Waals surface area contributed by atoms with Crippen molar-refractivity contribution in [3.8, 4) is 5.75 Å². The van der Waals surface area contributed by atoms with Crippen LogP contribution in [0.4, 0.5) is 0 Å². The molecule has 5 nitrogen and oxygen atoms in total. The molecule has 2 aromatic carbocycles. The average Bonchev–Trinajstić information content (AvgIpc) is 3.36. The molecule has 0 heterocycles. The van der Waals surface area contributed by atoms with E-state index in [-0.39, 0.29) is 6.61 Å². The summed E-state index contributed by atoms with van der Waals surface area (Å²) in [5.74, 6) is -0.763. The third-order valence-corrected chi connectivity index (χ3v) is 4.11. The summed E-state index contributed by atoms with van der Waals surface area (Å²) in [7, 11) is 0. The number of hydrogen-bond acceptors (Lipinski definition) is 3. The van der Waals surface area contributed by atoms with Crippen LogP contribution in [0.5, 0.6) is 5.75 Å². The van der Waals surface area contributed by atoms with Gasteiger partial charge in [-0.05, 0) is 30.0 Å². The average molecular weight is 325 g/mol. The smallest absolute Gasteiger partial charge is 0.329 e. The van der Waals surface area contributed by atoms with Crippen molar-refractivity contribution in [3.63, 3.8) is 0 Å². The largest absolute Gasteiger partial charge is 0.483 e. The number of amides is 1. The van der Waals surface area contributed by atoms with Crippen molar-refractivity contribution in [2.45, 2.75) is 24.8 Å². The molecular weight excluding hydrogens is 306 g/mol. The molecule has 1 aliphatic rings. The maximum atomic E-state index is 11.9. The van der Waals surface area contributed by atoms with Crippen molar-refractivity contribution in [1.82, 2.24) is 5.32 Å². The zero-order valence-corrected chi connectivity index (χ0v) is 13.2. The number of carbonyl (C=O) groups is 2. The van der Waals surface area contributed by atoms with Crippen molar-refractivity contribution in [1.29, 1.82) is 0 Å².